The van der Waals surface area contributed by atoms with Crippen LogP contribution in [0.15, 0.2) is 58.6 Å². The highest BCUT2D eigenvalue weighted by molar-refractivity contribution is 9.10. The zero-order chi connectivity index (χ0) is 19.7. The third-order valence-corrected chi connectivity index (χ3v) is 5.49. The predicted octanol–water partition coefficient (Wildman–Crippen LogP) is 4.63. The molecule has 0 aliphatic heterocycles. The summed E-state index contributed by atoms with van der Waals surface area (Å²) in [6.07, 6.45) is 3.34. The number of nitrogens with one attached hydrogen (secondary N) is 1. The SMILES string of the molecule is COc1ccc(F)cc1[C@H](C(=O)Nc1nccs1)n1cc2cccc(Br)c2n1. The van der Waals surface area contributed by atoms with Crippen LogP contribution in [-0.2, 0) is 4.79 Å². The van der Waals surface area contributed by atoms with Crippen molar-refractivity contribution in [2.45, 2.75) is 6.04 Å². The van der Waals surface area contributed by atoms with Gasteiger partial charge < -0.3 is 4.74 Å². The van der Waals surface area contributed by atoms with Crippen LogP contribution in [-0.4, -0.2) is 27.8 Å². The predicted molar refractivity (Wildman–Crippen MR) is 109 cm³/mol. The largest absolute Gasteiger partial charge is 0.496 e. The normalized spacial score (nSPS) is 12.1. The molecule has 0 fully saturated rings. The Morgan fingerprint density at radius 3 is 2.93 bits per heavy atom. The van der Waals surface area contributed by atoms with E-state index < -0.39 is 17.8 Å². The molecule has 1 amide bonds. The maximum Gasteiger partial charge on any atom is 0.255 e. The van der Waals surface area contributed by atoms with Gasteiger partial charge in [-0.25, -0.2) is 9.37 Å². The van der Waals surface area contributed by atoms with Gasteiger partial charge in [0.05, 0.1) is 7.11 Å². The molecule has 0 radical (unpaired) electrons. The summed E-state index contributed by atoms with van der Waals surface area (Å²) in [6.45, 7) is 0. The number of halogens is 2. The van der Waals surface area contributed by atoms with Gasteiger partial charge in [-0.1, -0.05) is 12.1 Å². The van der Waals surface area contributed by atoms with E-state index >= 15 is 0 Å². The van der Waals surface area contributed by atoms with Crippen LogP contribution in [0.25, 0.3) is 10.9 Å². The molecule has 0 spiro atoms. The van der Waals surface area contributed by atoms with Gasteiger partial charge in [-0.05, 0) is 40.2 Å². The Balaban J connectivity index is 1.86. The summed E-state index contributed by atoms with van der Waals surface area (Å²) < 4.78 is 21.7. The van der Waals surface area contributed by atoms with E-state index in [1.807, 2.05) is 18.2 Å². The van der Waals surface area contributed by atoms with E-state index in [-0.39, 0.29) is 0 Å². The van der Waals surface area contributed by atoms with Crippen molar-refractivity contribution in [3.63, 3.8) is 0 Å². The third kappa shape index (κ3) is 3.50. The molecule has 4 aromatic rings. The molecule has 2 aromatic heterocycles. The minimum atomic E-state index is -0.950. The van der Waals surface area contributed by atoms with Gasteiger partial charge in [-0.15, -0.1) is 11.3 Å². The standard InChI is InChI=1S/C19H14BrFN4O2S/c1-27-15-6-5-12(21)9-13(15)17(18(26)23-19-22-7-8-28-19)25-10-11-3-2-4-14(20)16(11)24-25/h2-10,17H,1H3,(H,22,23,26)/t17-/m1/s1. The minimum Gasteiger partial charge on any atom is -0.496 e. The number of carbonyl (C=O) groups excluding carboxylic acids is 1. The van der Waals surface area contributed by atoms with Gasteiger partial charge in [0, 0.05) is 33.2 Å². The smallest absolute Gasteiger partial charge is 0.255 e. The molecule has 0 aliphatic rings. The number of benzene rings is 2. The van der Waals surface area contributed by atoms with Crippen molar-refractivity contribution in [3.8, 4) is 5.75 Å². The molecule has 1 N–H and O–H groups in total. The van der Waals surface area contributed by atoms with Crippen LogP contribution < -0.4 is 10.1 Å². The van der Waals surface area contributed by atoms with Crippen LogP contribution in [0.3, 0.4) is 0 Å². The van der Waals surface area contributed by atoms with E-state index in [1.54, 1.807) is 17.8 Å². The molecule has 0 saturated heterocycles. The number of anilines is 1. The first-order chi connectivity index (χ1) is 13.6. The molecular weight excluding hydrogens is 447 g/mol. The number of carbonyl (C=O) groups is 1. The second-order valence-electron chi connectivity index (χ2n) is 5.90. The molecule has 0 aliphatic carbocycles. The number of fused-ring (bicyclic) bond motifs is 1. The van der Waals surface area contributed by atoms with Gasteiger partial charge in [-0.2, -0.15) is 5.10 Å². The number of aromatic nitrogens is 3. The molecule has 2 heterocycles. The maximum absolute atomic E-state index is 14.0. The molecule has 9 heteroatoms. The lowest BCUT2D eigenvalue weighted by molar-refractivity contribution is -0.118. The van der Waals surface area contributed by atoms with Crippen molar-refractivity contribution < 1.29 is 13.9 Å². The van der Waals surface area contributed by atoms with Gasteiger partial charge in [0.15, 0.2) is 11.2 Å². The summed E-state index contributed by atoms with van der Waals surface area (Å²) in [7, 11) is 1.47. The highest BCUT2D eigenvalue weighted by atomic mass is 79.9. The zero-order valence-corrected chi connectivity index (χ0v) is 17.0. The summed E-state index contributed by atoms with van der Waals surface area (Å²) in [5.74, 6) is -0.483. The number of nitrogens with zero attached hydrogens (tertiary/aromatic N) is 3. The van der Waals surface area contributed by atoms with Gasteiger partial charge in [0.25, 0.3) is 5.91 Å². The zero-order valence-electron chi connectivity index (χ0n) is 14.6. The average Bonchev–Trinajstić information content (AvgIpc) is 3.32. The Morgan fingerprint density at radius 2 is 2.21 bits per heavy atom. The second kappa shape index (κ2) is 7.69. The first-order valence-corrected chi connectivity index (χ1v) is 9.91. The Bertz CT molecular complexity index is 1150. The Labute approximate surface area is 172 Å². The fourth-order valence-corrected chi connectivity index (χ4v) is 3.94. The molecule has 28 heavy (non-hydrogen) atoms. The molecule has 6 nitrogen and oxygen atoms in total. The van der Waals surface area contributed by atoms with E-state index in [9.17, 15) is 9.18 Å². The van der Waals surface area contributed by atoms with Crippen LogP contribution >= 0.6 is 27.3 Å². The number of hydrogen-bond donors (Lipinski definition) is 1. The summed E-state index contributed by atoms with van der Waals surface area (Å²) in [4.78, 5) is 17.2. The Kier molecular flexibility index (Phi) is 5.10. The topological polar surface area (TPSA) is 69.0 Å². The fraction of sp³-hybridized carbons (Fsp3) is 0.105. The van der Waals surface area contributed by atoms with Gasteiger partial charge in [0.2, 0.25) is 0 Å². The second-order valence-corrected chi connectivity index (χ2v) is 7.65. The summed E-state index contributed by atoms with van der Waals surface area (Å²) in [5.41, 5.74) is 1.06. The van der Waals surface area contributed by atoms with Crippen LogP contribution in [0, 0.1) is 5.82 Å². The minimum absolute atomic E-state index is 0.362. The summed E-state index contributed by atoms with van der Waals surface area (Å²) in [6, 6.07) is 8.75. The van der Waals surface area contributed by atoms with Crippen LogP contribution in [0.5, 0.6) is 5.75 Å². The third-order valence-electron chi connectivity index (χ3n) is 4.17. The van der Waals surface area contributed by atoms with Crippen molar-refractivity contribution in [2.24, 2.45) is 0 Å². The molecule has 0 bridgehead atoms. The Hall–Kier alpha value is -2.78. The van der Waals surface area contributed by atoms with E-state index in [4.69, 9.17) is 4.74 Å². The number of rotatable bonds is 5. The highest BCUT2D eigenvalue weighted by Gasteiger charge is 2.28. The molecule has 0 unspecified atom stereocenters. The van der Waals surface area contributed by atoms with Crippen molar-refractivity contribution in [2.75, 3.05) is 12.4 Å². The Morgan fingerprint density at radius 1 is 1.36 bits per heavy atom. The van der Waals surface area contributed by atoms with Crippen molar-refractivity contribution in [1.29, 1.82) is 0 Å². The summed E-state index contributed by atoms with van der Waals surface area (Å²) in [5, 5.41) is 10.4. The monoisotopic (exact) mass is 460 g/mol. The summed E-state index contributed by atoms with van der Waals surface area (Å²) >= 11 is 4.77. The quantitative estimate of drug-likeness (QED) is 0.471. The molecule has 142 valence electrons. The van der Waals surface area contributed by atoms with Gasteiger partial charge >= 0.3 is 0 Å². The first kappa shape index (κ1) is 18.6. The van der Waals surface area contributed by atoms with Gasteiger partial charge in [-0.3, -0.25) is 14.8 Å². The number of methoxy groups -OCH3 is 1. The molecule has 4 rings (SSSR count). The lowest BCUT2D eigenvalue weighted by Gasteiger charge is -2.19. The van der Waals surface area contributed by atoms with Crippen LogP contribution in [0.4, 0.5) is 9.52 Å². The van der Waals surface area contributed by atoms with Crippen molar-refractivity contribution in [3.05, 3.63) is 70.0 Å². The number of thiazole rings is 1. The van der Waals surface area contributed by atoms with E-state index in [0.717, 1.165) is 9.86 Å². The first-order valence-electron chi connectivity index (χ1n) is 8.24. The number of hydrogen-bond acceptors (Lipinski definition) is 5. The molecular formula is C19H14BrFN4O2S. The maximum atomic E-state index is 14.0. The fourth-order valence-electron chi connectivity index (χ4n) is 2.94. The molecule has 1 atom stereocenters. The van der Waals surface area contributed by atoms with E-state index in [1.165, 1.54) is 41.3 Å². The number of amides is 1. The molecule has 0 saturated carbocycles. The number of ether oxygens (including phenoxy) is 1. The van der Waals surface area contributed by atoms with E-state index in [0.29, 0.717) is 22.0 Å². The molecule has 2 aromatic carbocycles. The van der Waals surface area contributed by atoms with Crippen molar-refractivity contribution >= 4 is 49.2 Å². The van der Waals surface area contributed by atoms with Crippen molar-refractivity contribution in [1.82, 2.24) is 14.8 Å². The lowest BCUT2D eigenvalue weighted by atomic mass is 10.0. The highest BCUT2D eigenvalue weighted by Crippen LogP contribution is 2.32. The van der Waals surface area contributed by atoms with Crippen LogP contribution in [0.2, 0.25) is 0 Å². The van der Waals surface area contributed by atoms with Gasteiger partial charge in [0.1, 0.15) is 17.1 Å². The average molecular weight is 461 g/mol. The van der Waals surface area contributed by atoms with E-state index in [2.05, 4.69) is 31.3 Å². The lowest BCUT2D eigenvalue weighted by Crippen LogP contribution is -2.28. The van der Waals surface area contributed by atoms with Crippen LogP contribution in [0.1, 0.15) is 11.6 Å².